The SMILES string of the molecule is CN1CCN(C(=O)c2cc(C3CCN(C(=O)CCC(N)=O)C3)nc3ccccc23)CC1. The van der Waals surface area contributed by atoms with Gasteiger partial charge in [0.2, 0.25) is 11.8 Å². The number of nitrogens with two attached hydrogens (primary N) is 1. The molecule has 1 aromatic carbocycles. The van der Waals surface area contributed by atoms with Crippen molar-refractivity contribution in [2.45, 2.75) is 25.2 Å². The fourth-order valence-corrected chi connectivity index (χ4v) is 4.38. The van der Waals surface area contributed by atoms with Gasteiger partial charge < -0.3 is 20.4 Å². The lowest BCUT2D eigenvalue weighted by Crippen LogP contribution is -2.47. The number of likely N-dealkylation sites (tertiary alicyclic amines) is 1. The first-order chi connectivity index (χ1) is 14.9. The Bertz CT molecular complexity index is 1000. The third-order valence-corrected chi connectivity index (χ3v) is 6.30. The molecular formula is C23H29N5O3. The number of carbonyl (C=O) groups excluding carboxylic acids is 3. The van der Waals surface area contributed by atoms with Crippen LogP contribution in [0.5, 0.6) is 0 Å². The number of carbonyl (C=O) groups is 3. The molecule has 2 fully saturated rings. The molecule has 2 aliphatic heterocycles. The molecule has 2 N–H and O–H groups in total. The average molecular weight is 424 g/mol. The highest BCUT2D eigenvalue weighted by Gasteiger charge is 2.30. The Hall–Kier alpha value is -3.00. The van der Waals surface area contributed by atoms with Gasteiger partial charge in [-0.15, -0.1) is 0 Å². The minimum absolute atomic E-state index is 0.0420. The number of para-hydroxylation sites is 1. The highest BCUT2D eigenvalue weighted by Crippen LogP contribution is 2.30. The van der Waals surface area contributed by atoms with Crippen LogP contribution in [0.2, 0.25) is 0 Å². The minimum atomic E-state index is -0.465. The molecule has 4 rings (SSSR count). The number of aromatic nitrogens is 1. The molecule has 2 saturated heterocycles. The summed E-state index contributed by atoms with van der Waals surface area (Å²) in [6.07, 6.45) is 0.994. The molecule has 2 aromatic rings. The minimum Gasteiger partial charge on any atom is -0.370 e. The molecule has 1 atom stereocenters. The number of amides is 3. The monoisotopic (exact) mass is 423 g/mol. The van der Waals surface area contributed by atoms with E-state index in [0.717, 1.165) is 36.1 Å². The van der Waals surface area contributed by atoms with Gasteiger partial charge in [0.05, 0.1) is 11.1 Å². The molecule has 8 nitrogen and oxygen atoms in total. The second-order valence-corrected chi connectivity index (χ2v) is 8.50. The Morgan fingerprint density at radius 1 is 1.03 bits per heavy atom. The molecule has 0 radical (unpaired) electrons. The number of benzene rings is 1. The van der Waals surface area contributed by atoms with Gasteiger partial charge in [0, 0.05) is 69.1 Å². The van der Waals surface area contributed by atoms with Crippen LogP contribution in [-0.2, 0) is 9.59 Å². The maximum atomic E-state index is 13.4. The Morgan fingerprint density at radius 3 is 2.52 bits per heavy atom. The molecule has 1 unspecified atom stereocenters. The van der Waals surface area contributed by atoms with Crippen molar-refractivity contribution in [2.24, 2.45) is 5.73 Å². The molecular weight excluding hydrogens is 394 g/mol. The summed E-state index contributed by atoms with van der Waals surface area (Å²) in [5.74, 6) is -0.412. The standard InChI is InChI=1S/C23H29N5O3/c1-26-10-12-27(13-11-26)23(31)18-14-20(25-19-5-3-2-4-17(18)19)16-8-9-28(15-16)22(30)7-6-21(24)29/h2-5,14,16H,6-13,15H2,1H3,(H2,24,29). The van der Waals surface area contributed by atoms with Gasteiger partial charge in [-0.1, -0.05) is 18.2 Å². The fourth-order valence-electron chi connectivity index (χ4n) is 4.38. The Kier molecular flexibility index (Phi) is 6.18. The van der Waals surface area contributed by atoms with Crippen LogP contribution in [0.25, 0.3) is 10.9 Å². The van der Waals surface area contributed by atoms with E-state index in [9.17, 15) is 14.4 Å². The van der Waals surface area contributed by atoms with E-state index in [1.807, 2.05) is 35.2 Å². The van der Waals surface area contributed by atoms with Crippen LogP contribution in [0.15, 0.2) is 30.3 Å². The summed E-state index contributed by atoms with van der Waals surface area (Å²) in [7, 11) is 2.07. The van der Waals surface area contributed by atoms with E-state index in [0.29, 0.717) is 31.7 Å². The zero-order valence-corrected chi connectivity index (χ0v) is 17.9. The van der Waals surface area contributed by atoms with Crippen LogP contribution < -0.4 is 5.73 Å². The van der Waals surface area contributed by atoms with Crippen molar-refractivity contribution in [3.63, 3.8) is 0 Å². The van der Waals surface area contributed by atoms with Gasteiger partial charge in [0.15, 0.2) is 0 Å². The smallest absolute Gasteiger partial charge is 0.254 e. The molecule has 3 heterocycles. The van der Waals surface area contributed by atoms with Crippen molar-refractivity contribution in [1.29, 1.82) is 0 Å². The lowest BCUT2D eigenvalue weighted by molar-refractivity contribution is -0.132. The maximum Gasteiger partial charge on any atom is 0.254 e. The van der Waals surface area contributed by atoms with Crippen molar-refractivity contribution in [2.75, 3.05) is 46.3 Å². The van der Waals surface area contributed by atoms with Crippen molar-refractivity contribution >= 4 is 28.6 Å². The van der Waals surface area contributed by atoms with Gasteiger partial charge in [0.25, 0.3) is 5.91 Å². The van der Waals surface area contributed by atoms with E-state index in [4.69, 9.17) is 10.7 Å². The Labute approximate surface area is 182 Å². The van der Waals surface area contributed by atoms with E-state index in [-0.39, 0.29) is 30.6 Å². The molecule has 0 bridgehead atoms. The van der Waals surface area contributed by atoms with E-state index < -0.39 is 5.91 Å². The number of piperazine rings is 1. The Balaban J connectivity index is 1.57. The summed E-state index contributed by atoms with van der Waals surface area (Å²) >= 11 is 0. The summed E-state index contributed by atoms with van der Waals surface area (Å²) in [4.78, 5) is 47.5. The second kappa shape index (κ2) is 9.01. The number of rotatable bonds is 5. The summed E-state index contributed by atoms with van der Waals surface area (Å²) in [6, 6.07) is 9.66. The largest absolute Gasteiger partial charge is 0.370 e. The van der Waals surface area contributed by atoms with Gasteiger partial charge >= 0.3 is 0 Å². The molecule has 0 aliphatic carbocycles. The first-order valence-electron chi connectivity index (χ1n) is 10.9. The molecule has 31 heavy (non-hydrogen) atoms. The third-order valence-electron chi connectivity index (χ3n) is 6.30. The predicted octanol–water partition coefficient (Wildman–Crippen LogP) is 1.20. The van der Waals surface area contributed by atoms with E-state index in [2.05, 4.69) is 11.9 Å². The predicted molar refractivity (Wildman–Crippen MR) is 118 cm³/mol. The van der Waals surface area contributed by atoms with Crippen molar-refractivity contribution in [3.05, 3.63) is 41.6 Å². The Morgan fingerprint density at radius 2 is 1.77 bits per heavy atom. The molecule has 3 amide bonds. The van der Waals surface area contributed by atoms with Gasteiger partial charge in [-0.2, -0.15) is 0 Å². The number of pyridine rings is 1. The molecule has 8 heteroatoms. The third kappa shape index (κ3) is 4.69. The van der Waals surface area contributed by atoms with E-state index in [1.165, 1.54) is 0 Å². The summed E-state index contributed by atoms with van der Waals surface area (Å²) in [6.45, 7) is 4.34. The van der Waals surface area contributed by atoms with Crippen LogP contribution in [0.1, 0.15) is 41.2 Å². The first-order valence-corrected chi connectivity index (χ1v) is 10.9. The molecule has 164 valence electrons. The molecule has 2 aliphatic rings. The number of likely N-dealkylation sites (N-methyl/N-ethyl adjacent to an activating group) is 1. The second-order valence-electron chi connectivity index (χ2n) is 8.50. The van der Waals surface area contributed by atoms with E-state index in [1.54, 1.807) is 4.90 Å². The zero-order valence-electron chi connectivity index (χ0n) is 17.9. The number of nitrogens with zero attached hydrogens (tertiary/aromatic N) is 4. The van der Waals surface area contributed by atoms with Gasteiger partial charge in [-0.25, -0.2) is 0 Å². The molecule has 0 spiro atoms. The van der Waals surface area contributed by atoms with Crippen molar-refractivity contribution in [3.8, 4) is 0 Å². The van der Waals surface area contributed by atoms with E-state index >= 15 is 0 Å². The van der Waals surface area contributed by atoms with Gasteiger partial charge in [0.1, 0.15) is 0 Å². The quantitative estimate of drug-likeness (QED) is 0.779. The lowest BCUT2D eigenvalue weighted by atomic mass is 9.98. The summed E-state index contributed by atoms with van der Waals surface area (Å²) < 4.78 is 0. The number of hydrogen-bond donors (Lipinski definition) is 1. The number of hydrogen-bond acceptors (Lipinski definition) is 5. The maximum absolute atomic E-state index is 13.4. The molecule has 0 saturated carbocycles. The normalized spacial score (nSPS) is 19.7. The summed E-state index contributed by atoms with van der Waals surface area (Å²) in [5.41, 5.74) is 7.50. The highest BCUT2D eigenvalue weighted by molar-refractivity contribution is 6.06. The zero-order chi connectivity index (χ0) is 22.0. The van der Waals surface area contributed by atoms with Gasteiger partial charge in [-0.05, 0) is 25.6 Å². The summed E-state index contributed by atoms with van der Waals surface area (Å²) in [5, 5.41) is 0.863. The van der Waals surface area contributed by atoms with Crippen LogP contribution in [-0.4, -0.2) is 83.7 Å². The highest BCUT2D eigenvalue weighted by atomic mass is 16.2. The van der Waals surface area contributed by atoms with Crippen LogP contribution in [0.3, 0.4) is 0 Å². The lowest BCUT2D eigenvalue weighted by Gasteiger charge is -2.32. The van der Waals surface area contributed by atoms with Crippen LogP contribution in [0, 0.1) is 0 Å². The number of fused-ring (bicyclic) bond motifs is 1. The fraction of sp³-hybridized carbons (Fsp3) is 0.478. The number of primary amides is 1. The van der Waals surface area contributed by atoms with Crippen molar-refractivity contribution < 1.29 is 14.4 Å². The average Bonchev–Trinajstić information content (AvgIpc) is 3.27. The van der Waals surface area contributed by atoms with Crippen molar-refractivity contribution in [1.82, 2.24) is 19.7 Å². The van der Waals surface area contributed by atoms with Gasteiger partial charge in [-0.3, -0.25) is 19.4 Å². The molecule has 1 aromatic heterocycles. The van der Waals surface area contributed by atoms with Crippen LogP contribution in [0.4, 0.5) is 0 Å². The first kappa shape index (κ1) is 21.2. The van der Waals surface area contributed by atoms with Crippen LogP contribution >= 0.6 is 0 Å². The topological polar surface area (TPSA) is 99.8 Å².